The van der Waals surface area contributed by atoms with Gasteiger partial charge in [-0.25, -0.2) is 4.79 Å². The number of carbonyl (C=O) groups excluding carboxylic acids is 1. The van der Waals surface area contributed by atoms with Gasteiger partial charge in [0.1, 0.15) is 0 Å². The van der Waals surface area contributed by atoms with E-state index in [1.807, 2.05) is 6.20 Å². The lowest BCUT2D eigenvalue weighted by atomic mass is 10.1. The largest absolute Gasteiger partial charge is 0.368 e. The summed E-state index contributed by atoms with van der Waals surface area (Å²) < 4.78 is 0. The molecule has 1 aromatic heterocycles. The average molecular weight is 382 g/mol. The number of piperazine rings is 1. The number of carbonyl (C=O) groups is 1. The summed E-state index contributed by atoms with van der Waals surface area (Å²) in [6.07, 6.45) is 7.00. The van der Waals surface area contributed by atoms with Crippen molar-refractivity contribution in [2.45, 2.75) is 31.7 Å². The molecule has 6 nitrogen and oxygen atoms in total. The van der Waals surface area contributed by atoms with Crippen molar-refractivity contribution in [2.75, 3.05) is 57.3 Å². The molecule has 150 valence electrons. The van der Waals surface area contributed by atoms with Crippen LogP contribution in [-0.2, 0) is 0 Å². The Labute approximate surface area is 167 Å². The van der Waals surface area contributed by atoms with Crippen LogP contribution in [0.2, 0.25) is 0 Å². The van der Waals surface area contributed by atoms with Crippen LogP contribution < -0.4 is 4.90 Å². The highest BCUT2D eigenvalue weighted by molar-refractivity contribution is 5.92. The van der Waals surface area contributed by atoms with Gasteiger partial charge in [0, 0.05) is 81.2 Å². The Morgan fingerprint density at radius 2 is 1.75 bits per heavy atom. The Morgan fingerprint density at radius 1 is 0.929 bits per heavy atom. The maximum Gasteiger partial charge on any atom is 0.320 e. The van der Waals surface area contributed by atoms with Crippen LogP contribution in [0.4, 0.5) is 10.5 Å². The smallest absolute Gasteiger partial charge is 0.320 e. The number of fused-ring (bicyclic) bond motifs is 1. The number of urea groups is 1. The molecular formula is C22H31N5O. The van der Waals surface area contributed by atoms with Crippen molar-refractivity contribution in [3.05, 3.63) is 30.5 Å². The lowest BCUT2D eigenvalue weighted by Gasteiger charge is -2.37. The summed E-state index contributed by atoms with van der Waals surface area (Å²) >= 11 is 0. The highest BCUT2D eigenvalue weighted by Crippen LogP contribution is 2.28. The lowest BCUT2D eigenvalue weighted by molar-refractivity contribution is 0.169. The van der Waals surface area contributed by atoms with Gasteiger partial charge < -0.3 is 19.7 Å². The minimum Gasteiger partial charge on any atom is -0.368 e. The SMILES string of the molecule is O=C1N(CCN2CCN(c3cccc4[nH]ccc34)CC2)CCN1C1CCCC1. The van der Waals surface area contributed by atoms with Crippen molar-refractivity contribution in [3.63, 3.8) is 0 Å². The van der Waals surface area contributed by atoms with Crippen LogP contribution in [0.15, 0.2) is 30.5 Å². The number of nitrogens with zero attached hydrogens (tertiary/aromatic N) is 4. The van der Waals surface area contributed by atoms with E-state index in [0.717, 1.165) is 52.4 Å². The maximum atomic E-state index is 12.7. The van der Waals surface area contributed by atoms with Crippen molar-refractivity contribution >= 4 is 22.6 Å². The van der Waals surface area contributed by atoms with Crippen LogP contribution in [0.25, 0.3) is 10.9 Å². The first-order chi connectivity index (χ1) is 13.8. The quantitative estimate of drug-likeness (QED) is 0.866. The summed E-state index contributed by atoms with van der Waals surface area (Å²) in [5.41, 5.74) is 2.54. The average Bonchev–Trinajstić information content (AvgIpc) is 3.47. The van der Waals surface area contributed by atoms with E-state index < -0.39 is 0 Å². The van der Waals surface area contributed by atoms with Crippen LogP contribution in [0.3, 0.4) is 0 Å². The lowest BCUT2D eigenvalue weighted by Crippen LogP contribution is -2.49. The first kappa shape index (κ1) is 17.9. The van der Waals surface area contributed by atoms with E-state index in [1.54, 1.807) is 0 Å². The van der Waals surface area contributed by atoms with Crippen molar-refractivity contribution in [1.29, 1.82) is 0 Å². The second kappa shape index (κ2) is 7.66. The van der Waals surface area contributed by atoms with Gasteiger partial charge in [0.15, 0.2) is 0 Å². The molecular weight excluding hydrogens is 350 g/mol. The zero-order chi connectivity index (χ0) is 18.9. The van der Waals surface area contributed by atoms with Crippen molar-refractivity contribution in [1.82, 2.24) is 19.7 Å². The topological polar surface area (TPSA) is 45.8 Å². The standard InChI is InChI=1S/C22H31N5O/c28-22-26(16-17-27(22)18-4-1-2-5-18)15-12-24-10-13-25(14-11-24)21-7-3-6-20-19(21)8-9-23-20/h3,6-9,18,23H,1-2,4-5,10-17H2. The number of hydrogen-bond acceptors (Lipinski definition) is 3. The van der Waals surface area contributed by atoms with Crippen LogP contribution in [0, 0.1) is 0 Å². The highest BCUT2D eigenvalue weighted by atomic mass is 16.2. The summed E-state index contributed by atoms with van der Waals surface area (Å²) in [5, 5.41) is 1.31. The van der Waals surface area contributed by atoms with Gasteiger partial charge in [-0.3, -0.25) is 4.90 Å². The number of nitrogens with one attached hydrogen (secondary N) is 1. The number of hydrogen-bond donors (Lipinski definition) is 1. The fourth-order valence-corrected chi connectivity index (χ4v) is 5.18. The van der Waals surface area contributed by atoms with Crippen LogP contribution in [0.1, 0.15) is 25.7 Å². The minimum absolute atomic E-state index is 0.282. The molecule has 1 aromatic carbocycles. The molecule has 0 unspecified atom stereocenters. The molecule has 3 fully saturated rings. The number of aromatic amines is 1. The molecule has 2 saturated heterocycles. The first-order valence-corrected chi connectivity index (χ1v) is 10.9. The highest BCUT2D eigenvalue weighted by Gasteiger charge is 2.34. The summed E-state index contributed by atoms with van der Waals surface area (Å²) in [6, 6.07) is 9.47. The molecule has 2 amide bonds. The molecule has 0 bridgehead atoms. The predicted molar refractivity (Wildman–Crippen MR) is 113 cm³/mol. The Balaban J connectivity index is 1.12. The number of amides is 2. The minimum atomic E-state index is 0.282. The third-order valence-corrected chi connectivity index (χ3v) is 6.86. The number of H-pyrrole nitrogens is 1. The van der Waals surface area contributed by atoms with E-state index in [4.69, 9.17) is 0 Å². The first-order valence-electron chi connectivity index (χ1n) is 10.9. The van der Waals surface area contributed by atoms with Crippen molar-refractivity contribution < 1.29 is 4.79 Å². The molecule has 5 rings (SSSR count). The van der Waals surface area contributed by atoms with Gasteiger partial charge in [-0.05, 0) is 31.0 Å². The molecule has 3 aliphatic rings. The van der Waals surface area contributed by atoms with E-state index in [9.17, 15) is 4.79 Å². The number of anilines is 1. The van der Waals surface area contributed by atoms with Crippen LogP contribution in [0.5, 0.6) is 0 Å². The number of rotatable bonds is 5. The Morgan fingerprint density at radius 3 is 2.57 bits per heavy atom. The molecule has 1 aliphatic carbocycles. The monoisotopic (exact) mass is 381 g/mol. The van der Waals surface area contributed by atoms with Gasteiger partial charge in [0.2, 0.25) is 0 Å². The fraction of sp³-hybridized carbons (Fsp3) is 0.591. The molecule has 0 atom stereocenters. The van der Waals surface area contributed by atoms with Gasteiger partial charge >= 0.3 is 6.03 Å². The molecule has 1 saturated carbocycles. The van der Waals surface area contributed by atoms with E-state index >= 15 is 0 Å². The third-order valence-electron chi connectivity index (χ3n) is 6.86. The van der Waals surface area contributed by atoms with E-state index in [-0.39, 0.29) is 6.03 Å². The van der Waals surface area contributed by atoms with Gasteiger partial charge in [-0.1, -0.05) is 18.9 Å². The molecule has 0 spiro atoms. The molecule has 3 heterocycles. The van der Waals surface area contributed by atoms with Crippen molar-refractivity contribution in [2.24, 2.45) is 0 Å². The van der Waals surface area contributed by atoms with Crippen molar-refractivity contribution in [3.8, 4) is 0 Å². The molecule has 2 aliphatic heterocycles. The molecule has 0 radical (unpaired) electrons. The zero-order valence-corrected chi connectivity index (χ0v) is 16.6. The van der Waals surface area contributed by atoms with E-state index in [1.165, 1.54) is 42.3 Å². The Bertz CT molecular complexity index is 819. The molecule has 2 aromatic rings. The second-order valence-corrected chi connectivity index (χ2v) is 8.45. The predicted octanol–water partition coefficient (Wildman–Crippen LogP) is 2.97. The third kappa shape index (κ3) is 3.34. The Hall–Kier alpha value is -2.21. The van der Waals surface area contributed by atoms with Gasteiger partial charge in [0.25, 0.3) is 0 Å². The summed E-state index contributed by atoms with van der Waals surface area (Å²) in [4.78, 5) is 25.3. The summed E-state index contributed by atoms with van der Waals surface area (Å²) in [6.45, 7) is 7.92. The Kier molecular flexibility index (Phi) is 4.89. The van der Waals surface area contributed by atoms with Gasteiger partial charge in [0.05, 0.1) is 0 Å². The zero-order valence-electron chi connectivity index (χ0n) is 16.6. The fourth-order valence-electron chi connectivity index (χ4n) is 5.18. The number of benzene rings is 1. The van der Waals surface area contributed by atoms with Crippen LogP contribution >= 0.6 is 0 Å². The number of aromatic nitrogens is 1. The normalized spacial score (nSPS) is 22.1. The summed E-state index contributed by atoms with van der Waals surface area (Å²) in [7, 11) is 0. The van der Waals surface area contributed by atoms with E-state index in [0.29, 0.717) is 6.04 Å². The molecule has 28 heavy (non-hydrogen) atoms. The maximum absolute atomic E-state index is 12.7. The van der Waals surface area contributed by atoms with Crippen LogP contribution in [-0.4, -0.2) is 84.1 Å². The van der Waals surface area contributed by atoms with E-state index in [2.05, 4.69) is 48.8 Å². The molecule has 6 heteroatoms. The van der Waals surface area contributed by atoms with Gasteiger partial charge in [-0.2, -0.15) is 0 Å². The van der Waals surface area contributed by atoms with Gasteiger partial charge in [-0.15, -0.1) is 0 Å². The summed E-state index contributed by atoms with van der Waals surface area (Å²) in [5.74, 6) is 0. The second-order valence-electron chi connectivity index (χ2n) is 8.45. The molecule has 1 N–H and O–H groups in total.